The normalized spacial score (nSPS) is 12.0. The molecule has 226 valence electrons. The van der Waals surface area contributed by atoms with E-state index in [-0.39, 0.29) is 29.0 Å². The van der Waals surface area contributed by atoms with Gasteiger partial charge in [-0.3, -0.25) is 13.9 Å². The summed E-state index contributed by atoms with van der Waals surface area (Å²) < 4.78 is 39.8. The topological polar surface area (TPSA) is 105 Å². The standard InChI is InChI=1S/C31H38ClN3O6S/c1-21(2)18-33-31(37)23(4)34(19-24-9-7-8-10-27(24)32)30(36)20-35(25-13-11-22(3)12-14-25)42(38,39)26-15-16-28(40-5)29(17-26)41-6/h7-17,21,23H,18-20H2,1-6H3,(H,33,37)/t23-/m1/s1. The van der Waals surface area contributed by atoms with Crippen LogP contribution >= 0.6 is 11.6 Å². The molecule has 0 fully saturated rings. The number of anilines is 1. The number of amides is 2. The zero-order valence-electron chi connectivity index (χ0n) is 24.8. The van der Waals surface area contributed by atoms with Crippen molar-refractivity contribution in [3.05, 3.63) is 82.9 Å². The summed E-state index contributed by atoms with van der Waals surface area (Å²) >= 11 is 6.42. The van der Waals surface area contributed by atoms with Crippen LogP contribution < -0.4 is 19.1 Å². The van der Waals surface area contributed by atoms with Gasteiger partial charge in [0.15, 0.2) is 11.5 Å². The zero-order valence-corrected chi connectivity index (χ0v) is 26.3. The van der Waals surface area contributed by atoms with Gasteiger partial charge in [-0.05, 0) is 55.7 Å². The van der Waals surface area contributed by atoms with Crippen molar-refractivity contribution >= 4 is 39.1 Å². The van der Waals surface area contributed by atoms with Crippen LogP contribution in [0.1, 0.15) is 31.9 Å². The first-order valence-corrected chi connectivity index (χ1v) is 15.3. The van der Waals surface area contributed by atoms with E-state index in [0.717, 1.165) is 9.87 Å². The molecule has 0 saturated carbocycles. The van der Waals surface area contributed by atoms with Gasteiger partial charge in [-0.15, -0.1) is 0 Å². The molecular weight excluding hydrogens is 578 g/mol. The number of aryl methyl sites for hydroxylation is 1. The van der Waals surface area contributed by atoms with E-state index in [0.29, 0.717) is 28.6 Å². The van der Waals surface area contributed by atoms with Crippen molar-refractivity contribution in [3.8, 4) is 11.5 Å². The lowest BCUT2D eigenvalue weighted by Gasteiger charge is -2.32. The molecule has 42 heavy (non-hydrogen) atoms. The summed E-state index contributed by atoms with van der Waals surface area (Å²) in [5.74, 6) is -0.135. The number of nitrogens with one attached hydrogen (secondary N) is 1. The molecule has 11 heteroatoms. The third-order valence-electron chi connectivity index (χ3n) is 6.69. The minimum absolute atomic E-state index is 0.00686. The lowest BCUT2D eigenvalue weighted by molar-refractivity contribution is -0.139. The first-order valence-electron chi connectivity index (χ1n) is 13.5. The van der Waals surface area contributed by atoms with Gasteiger partial charge >= 0.3 is 0 Å². The predicted octanol–water partition coefficient (Wildman–Crippen LogP) is 5.05. The maximum Gasteiger partial charge on any atom is 0.264 e. The number of sulfonamides is 1. The molecule has 0 unspecified atom stereocenters. The molecule has 0 radical (unpaired) electrons. The van der Waals surface area contributed by atoms with Gasteiger partial charge in [-0.1, -0.05) is 61.3 Å². The van der Waals surface area contributed by atoms with Crippen molar-refractivity contribution in [1.29, 1.82) is 0 Å². The summed E-state index contributed by atoms with van der Waals surface area (Å²) in [6.07, 6.45) is 0. The van der Waals surface area contributed by atoms with Crippen molar-refractivity contribution in [1.82, 2.24) is 10.2 Å². The van der Waals surface area contributed by atoms with Crippen molar-refractivity contribution in [3.63, 3.8) is 0 Å². The highest BCUT2D eigenvalue weighted by atomic mass is 35.5. The van der Waals surface area contributed by atoms with E-state index in [1.807, 2.05) is 20.8 Å². The highest BCUT2D eigenvalue weighted by Crippen LogP contribution is 2.32. The van der Waals surface area contributed by atoms with Gasteiger partial charge in [-0.2, -0.15) is 0 Å². The van der Waals surface area contributed by atoms with Crippen LogP contribution in [0.4, 0.5) is 5.69 Å². The van der Waals surface area contributed by atoms with Crippen molar-refractivity contribution < 1.29 is 27.5 Å². The number of rotatable bonds is 13. The van der Waals surface area contributed by atoms with Crippen LogP contribution in [0.2, 0.25) is 5.02 Å². The van der Waals surface area contributed by atoms with Gasteiger partial charge in [0.05, 0.1) is 24.8 Å². The monoisotopic (exact) mass is 615 g/mol. The molecule has 0 saturated heterocycles. The highest BCUT2D eigenvalue weighted by Gasteiger charge is 2.33. The van der Waals surface area contributed by atoms with Gasteiger partial charge < -0.3 is 19.7 Å². The van der Waals surface area contributed by atoms with Crippen LogP contribution in [0.15, 0.2) is 71.6 Å². The summed E-state index contributed by atoms with van der Waals surface area (Å²) in [7, 11) is -1.41. The molecule has 0 bridgehead atoms. The average Bonchev–Trinajstić information content (AvgIpc) is 2.97. The zero-order chi connectivity index (χ0) is 31.0. The molecule has 1 atom stereocenters. The Kier molecular flexibility index (Phi) is 11.2. The maximum absolute atomic E-state index is 14.1. The third-order valence-corrected chi connectivity index (χ3v) is 8.83. The molecule has 0 aromatic heterocycles. The highest BCUT2D eigenvalue weighted by molar-refractivity contribution is 7.92. The maximum atomic E-state index is 14.1. The van der Waals surface area contributed by atoms with E-state index in [9.17, 15) is 18.0 Å². The SMILES string of the molecule is COc1ccc(S(=O)(=O)N(CC(=O)N(Cc2ccccc2Cl)[C@H](C)C(=O)NCC(C)C)c2ccc(C)cc2)cc1OC. The van der Waals surface area contributed by atoms with Crippen molar-refractivity contribution in [2.45, 2.75) is 45.2 Å². The van der Waals surface area contributed by atoms with Gasteiger partial charge in [0.2, 0.25) is 11.8 Å². The fraction of sp³-hybridized carbons (Fsp3) is 0.355. The van der Waals surface area contributed by atoms with Crippen LogP contribution in [0.5, 0.6) is 11.5 Å². The van der Waals surface area contributed by atoms with E-state index >= 15 is 0 Å². The molecule has 2 amide bonds. The Hall–Kier alpha value is -3.76. The fourth-order valence-corrected chi connectivity index (χ4v) is 5.81. The van der Waals surface area contributed by atoms with Crippen LogP contribution in [0, 0.1) is 12.8 Å². The number of methoxy groups -OCH3 is 2. The first kappa shape index (κ1) is 32.8. The van der Waals surface area contributed by atoms with Gasteiger partial charge in [0.25, 0.3) is 10.0 Å². The number of halogens is 1. The van der Waals surface area contributed by atoms with Crippen molar-refractivity contribution in [2.75, 3.05) is 31.6 Å². The molecule has 0 aliphatic rings. The summed E-state index contributed by atoms with van der Waals surface area (Å²) in [6.45, 7) is 7.31. The van der Waals surface area contributed by atoms with Gasteiger partial charge in [-0.25, -0.2) is 8.42 Å². The van der Waals surface area contributed by atoms with E-state index < -0.39 is 28.5 Å². The van der Waals surface area contributed by atoms with E-state index in [2.05, 4.69) is 5.32 Å². The molecule has 9 nitrogen and oxygen atoms in total. The summed E-state index contributed by atoms with van der Waals surface area (Å²) in [6, 6.07) is 17.1. The molecular formula is C31H38ClN3O6S. The van der Waals surface area contributed by atoms with Crippen LogP contribution in [0.25, 0.3) is 0 Å². The minimum atomic E-state index is -4.28. The molecule has 1 N–H and O–H groups in total. The van der Waals surface area contributed by atoms with Crippen molar-refractivity contribution in [2.24, 2.45) is 5.92 Å². The number of hydrogen-bond donors (Lipinski definition) is 1. The quantitative estimate of drug-likeness (QED) is 0.289. The Morgan fingerprint density at radius 1 is 0.929 bits per heavy atom. The third kappa shape index (κ3) is 7.95. The van der Waals surface area contributed by atoms with Gasteiger partial charge in [0.1, 0.15) is 12.6 Å². The average molecular weight is 616 g/mol. The second kappa shape index (κ2) is 14.4. The molecule has 0 heterocycles. The van der Waals surface area contributed by atoms with Crippen LogP contribution in [-0.4, -0.2) is 58.5 Å². The molecule has 0 aliphatic carbocycles. The Balaban J connectivity index is 2.06. The lowest BCUT2D eigenvalue weighted by Crippen LogP contribution is -2.51. The van der Waals surface area contributed by atoms with E-state index in [1.54, 1.807) is 55.5 Å². The number of benzene rings is 3. The van der Waals surface area contributed by atoms with Crippen LogP contribution in [0.3, 0.4) is 0 Å². The lowest BCUT2D eigenvalue weighted by atomic mass is 10.1. The summed E-state index contributed by atoms with van der Waals surface area (Å²) in [4.78, 5) is 28.4. The molecule has 3 aromatic carbocycles. The Labute approximate surface area is 253 Å². The Morgan fingerprint density at radius 3 is 2.17 bits per heavy atom. The second-order valence-corrected chi connectivity index (χ2v) is 12.6. The number of ether oxygens (including phenoxy) is 2. The summed E-state index contributed by atoms with van der Waals surface area (Å²) in [5, 5.41) is 3.29. The molecule has 0 spiro atoms. The first-order chi connectivity index (χ1) is 19.9. The minimum Gasteiger partial charge on any atom is -0.493 e. The fourth-order valence-electron chi connectivity index (χ4n) is 4.19. The Bertz CT molecular complexity index is 1490. The molecule has 3 rings (SSSR count). The smallest absolute Gasteiger partial charge is 0.264 e. The number of nitrogens with zero attached hydrogens (tertiary/aromatic N) is 2. The predicted molar refractivity (Wildman–Crippen MR) is 165 cm³/mol. The van der Waals surface area contributed by atoms with E-state index in [4.69, 9.17) is 21.1 Å². The number of carbonyl (C=O) groups excluding carboxylic acids is 2. The number of hydrogen-bond acceptors (Lipinski definition) is 6. The van der Waals surface area contributed by atoms with Crippen LogP contribution in [-0.2, 0) is 26.2 Å². The molecule has 0 aliphatic heterocycles. The largest absolute Gasteiger partial charge is 0.493 e. The number of carbonyl (C=O) groups is 2. The van der Waals surface area contributed by atoms with E-state index in [1.165, 1.54) is 37.3 Å². The second-order valence-electron chi connectivity index (χ2n) is 10.3. The summed E-state index contributed by atoms with van der Waals surface area (Å²) in [5.41, 5.74) is 1.84. The Morgan fingerprint density at radius 2 is 1.57 bits per heavy atom. The molecule has 3 aromatic rings. The van der Waals surface area contributed by atoms with Gasteiger partial charge in [0, 0.05) is 24.2 Å².